The van der Waals surface area contributed by atoms with Gasteiger partial charge in [0.15, 0.2) is 0 Å². The third-order valence-corrected chi connectivity index (χ3v) is 4.91. The first kappa shape index (κ1) is 23.6. The molecule has 0 saturated heterocycles. The van der Waals surface area contributed by atoms with E-state index in [1.807, 2.05) is 0 Å². The van der Waals surface area contributed by atoms with Gasteiger partial charge in [0.25, 0.3) is 11.2 Å². The Kier molecular flexibility index (Phi) is 6.42. The summed E-state index contributed by atoms with van der Waals surface area (Å²) in [4.78, 5) is 45.8. The summed E-state index contributed by atoms with van der Waals surface area (Å²) >= 11 is 0. The Morgan fingerprint density at radius 1 is 1.03 bits per heavy atom. The lowest BCUT2D eigenvalue weighted by molar-refractivity contribution is -0.393. The first-order valence-electron chi connectivity index (χ1n) is 9.47. The van der Waals surface area contributed by atoms with E-state index in [2.05, 4.69) is 10.5 Å². The molecule has 0 atom stereocenters. The molecule has 34 heavy (non-hydrogen) atoms. The van der Waals surface area contributed by atoms with E-state index < -0.39 is 38.4 Å². The van der Waals surface area contributed by atoms with Crippen molar-refractivity contribution in [3.8, 4) is 11.6 Å². The van der Waals surface area contributed by atoms with E-state index in [9.17, 15) is 34.9 Å². The van der Waals surface area contributed by atoms with E-state index in [1.165, 1.54) is 33.3 Å². The summed E-state index contributed by atoms with van der Waals surface area (Å²) in [6.45, 7) is 0. The molecule has 0 unspecified atom stereocenters. The van der Waals surface area contributed by atoms with Gasteiger partial charge in [-0.15, -0.1) is 0 Å². The molecule has 2 aromatic carbocycles. The van der Waals surface area contributed by atoms with Crippen LogP contribution in [0.5, 0.6) is 11.6 Å². The van der Waals surface area contributed by atoms with Gasteiger partial charge in [-0.05, 0) is 30.3 Å². The van der Waals surface area contributed by atoms with Gasteiger partial charge in [-0.2, -0.15) is 5.10 Å². The highest BCUT2D eigenvalue weighted by atomic mass is 16.6. The molecule has 3 aromatic rings. The number of hydrogen-bond donors (Lipinski definition) is 2. The van der Waals surface area contributed by atoms with Gasteiger partial charge in [-0.3, -0.25) is 39.6 Å². The molecule has 0 amide bonds. The summed E-state index contributed by atoms with van der Waals surface area (Å²) in [7, 11) is 3.92. The second-order valence-electron chi connectivity index (χ2n) is 6.92. The number of nitro groups is 2. The lowest BCUT2D eigenvalue weighted by Gasteiger charge is -2.13. The van der Waals surface area contributed by atoms with Crippen LogP contribution in [-0.4, -0.2) is 36.9 Å². The maximum Gasteiger partial charge on any atom is 0.333 e. The van der Waals surface area contributed by atoms with Crippen molar-refractivity contribution in [3.63, 3.8) is 0 Å². The number of non-ortho nitro benzene ring substituents is 1. The van der Waals surface area contributed by atoms with Crippen LogP contribution in [-0.2, 0) is 14.1 Å². The van der Waals surface area contributed by atoms with Crippen molar-refractivity contribution < 1.29 is 19.7 Å². The fourth-order valence-electron chi connectivity index (χ4n) is 3.05. The van der Waals surface area contributed by atoms with Gasteiger partial charge in [0.1, 0.15) is 22.7 Å². The zero-order valence-electron chi connectivity index (χ0n) is 18.1. The van der Waals surface area contributed by atoms with E-state index in [0.717, 1.165) is 27.3 Å². The maximum absolute atomic E-state index is 12.9. The lowest BCUT2D eigenvalue weighted by Crippen LogP contribution is -2.40. The molecule has 0 aliphatic heterocycles. The summed E-state index contributed by atoms with van der Waals surface area (Å²) in [6.07, 6.45) is 0. The van der Waals surface area contributed by atoms with Crippen molar-refractivity contribution in [2.45, 2.75) is 0 Å². The van der Waals surface area contributed by atoms with Crippen LogP contribution in [0, 0.1) is 20.2 Å². The molecule has 14 nitrogen and oxygen atoms in total. The fourth-order valence-corrected chi connectivity index (χ4v) is 3.05. The molecular formula is C20H18N6O8. The topological polar surface area (TPSA) is 184 Å². The summed E-state index contributed by atoms with van der Waals surface area (Å²) in [6, 6.07) is 9.05. The third-order valence-electron chi connectivity index (χ3n) is 4.91. The number of hydrogen-bond acceptors (Lipinski definition) is 10. The zero-order chi connectivity index (χ0) is 25.2. The van der Waals surface area contributed by atoms with Crippen molar-refractivity contribution in [2.24, 2.45) is 19.2 Å². The minimum atomic E-state index is -0.866. The van der Waals surface area contributed by atoms with Crippen LogP contribution < -0.4 is 21.4 Å². The van der Waals surface area contributed by atoms with E-state index in [-0.39, 0.29) is 17.0 Å². The number of nitro benzene ring substituents is 2. The smallest absolute Gasteiger partial charge is 0.333 e. The first-order chi connectivity index (χ1) is 16.1. The number of ether oxygens (including phenoxy) is 1. The van der Waals surface area contributed by atoms with Crippen LogP contribution in [0.3, 0.4) is 0 Å². The molecule has 0 fully saturated rings. The van der Waals surface area contributed by atoms with Gasteiger partial charge in [0.05, 0.1) is 23.0 Å². The second kappa shape index (κ2) is 9.23. The summed E-state index contributed by atoms with van der Waals surface area (Å²) in [5, 5.41) is 37.1. The number of hydrazone groups is 1. The number of nitrogens with zero attached hydrogens (tertiary/aromatic N) is 5. The Bertz CT molecular complexity index is 1440. The molecule has 0 aliphatic rings. The van der Waals surface area contributed by atoms with Gasteiger partial charge >= 0.3 is 11.4 Å². The molecule has 3 rings (SSSR count). The normalized spacial score (nSPS) is 11.2. The van der Waals surface area contributed by atoms with E-state index in [1.54, 1.807) is 12.1 Å². The van der Waals surface area contributed by atoms with Crippen LogP contribution in [0.1, 0.15) is 11.1 Å². The van der Waals surface area contributed by atoms with Crippen LogP contribution in [0.25, 0.3) is 0 Å². The maximum atomic E-state index is 12.9. The monoisotopic (exact) mass is 470 g/mol. The number of nitrogens with one attached hydrogen (secondary N) is 1. The van der Waals surface area contributed by atoms with Gasteiger partial charge in [-0.25, -0.2) is 4.79 Å². The highest BCUT2D eigenvalue weighted by Gasteiger charge is 2.23. The molecular weight excluding hydrogens is 452 g/mol. The Morgan fingerprint density at radius 3 is 2.24 bits per heavy atom. The summed E-state index contributed by atoms with van der Waals surface area (Å²) in [5.74, 6) is -0.192. The quantitative estimate of drug-likeness (QED) is 0.293. The highest BCUT2D eigenvalue weighted by molar-refractivity contribution is 6.14. The van der Waals surface area contributed by atoms with Gasteiger partial charge < -0.3 is 9.84 Å². The predicted octanol–water partition coefficient (Wildman–Crippen LogP) is 1.48. The molecule has 2 N–H and O–H groups in total. The largest absolute Gasteiger partial charge is 0.497 e. The van der Waals surface area contributed by atoms with Gasteiger partial charge in [0.2, 0.25) is 5.88 Å². The molecule has 14 heteroatoms. The molecule has 0 radical (unpaired) electrons. The van der Waals surface area contributed by atoms with E-state index in [0.29, 0.717) is 11.3 Å². The summed E-state index contributed by atoms with van der Waals surface area (Å²) in [5.41, 5.74) is -0.752. The predicted molar refractivity (Wildman–Crippen MR) is 121 cm³/mol. The summed E-state index contributed by atoms with van der Waals surface area (Å²) < 4.78 is 6.72. The minimum Gasteiger partial charge on any atom is -0.497 e. The second-order valence-corrected chi connectivity index (χ2v) is 6.92. The highest BCUT2D eigenvalue weighted by Crippen LogP contribution is 2.29. The van der Waals surface area contributed by atoms with Crippen molar-refractivity contribution in [1.29, 1.82) is 0 Å². The SMILES string of the molecule is COc1ccc(/C(=N\Nc2ccc([N+](=O)[O-])cc2[N+](=O)[O-])c2c(O)n(C)c(=O)n(C)c2=O)cc1. The number of aromatic nitrogens is 2. The molecule has 0 spiro atoms. The van der Waals surface area contributed by atoms with E-state index in [4.69, 9.17) is 4.74 Å². The molecule has 0 aliphatic carbocycles. The lowest BCUT2D eigenvalue weighted by atomic mass is 10.0. The Hall–Kier alpha value is -5.01. The number of benzene rings is 2. The van der Waals surface area contributed by atoms with Crippen molar-refractivity contribution in [3.05, 3.63) is 94.7 Å². The van der Waals surface area contributed by atoms with Crippen molar-refractivity contribution >= 4 is 22.8 Å². The molecule has 1 aromatic heterocycles. The van der Waals surface area contributed by atoms with E-state index >= 15 is 0 Å². The van der Waals surface area contributed by atoms with Crippen LogP contribution in [0.4, 0.5) is 17.1 Å². The minimum absolute atomic E-state index is 0.149. The number of aromatic hydroxyl groups is 1. The molecule has 0 bridgehead atoms. The molecule has 176 valence electrons. The van der Waals surface area contributed by atoms with Crippen molar-refractivity contribution in [2.75, 3.05) is 12.5 Å². The zero-order valence-corrected chi connectivity index (χ0v) is 18.1. The van der Waals surface area contributed by atoms with Gasteiger partial charge in [-0.1, -0.05) is 0 Å². The number of rotatable bonds is 7. The third kappa shape index (κ3) is 4.32. The molecule has 1 heterocycles. The average Bonchev–Trinajstić information content (AvgIpc) is 2.83. The Balaban J connectivity index is 2.25. The average molecular weight is 470 g/mol. The van der Waals surface area contributed by atoms with Crippen LogP contribution in [0.2, 0.25) is 0 Å². The number of anilines is 1. The fraction of sp³-hybridized carbons (Fsp3) is 0.150. The standard InChI is InChI=1S/C20H18N6O8/c1-23-18(27)16(19(28)24(2)20(23)29)17(11-4-7-13(34-3)8-5-11)22-21-14-9-6-12(25(30)31)10-15(14)26(32)33/h4-10,21,27H,1-3H3/b22-17+. The van der Waals surface area contributed by atoms with Crippen LogP contribution >= 0.6 is 0 Å². The number of methoxy groups -OCH3 is 1. The van der Waals surface area contributed by atoms with Crippen LogP contribution in [0.15, 0.2) is 57.2 Å². The Morgan fingerprint density at radius 2 is 1.68 bits per heavy atom. The van der Waals surface area contributed by atoms with Gasteiger partial charge in [0, 0.05) is 25.7 Å². The van der Waals surface area contributed by atoms with Crippen molar-refractivity contribution in [1.82, 2.24) is 9.13 Å². The first-order valence-corrected chi connectivity index (χ1v) is 9.47. The molecule has 0 saturated carbocycles. The Labute approximate surface area is 190 Å².